The van der Waals surface area contributed by atoms with Crippen molar-refractivity contribution < 1.29 is 27.8 Å². The molecule has 0 bridgehead atoms. The summed E-state index contributed by atoms with van der Waals surface area (Å²) in [5.74, 6) is -1.61. The molecule has 3 aromatic rings. The minimum atomic E-state index is -4.47. The normalized spacial score (nSPS) is 13.7. The molecule has 2 heterocycles. The van der Waals surface area contributed by atoms with E-state index in [1.54, 1.807) is 18.3 Å². The first kappa shape index (κ1) is 21.0. The van der Waals surface area contributed by atoms with Gasteiger partial charge in [-0.3, -0.25) is 9.78 Å². The zero-order valence-corrected chi connectivity index (χ0v) is 16.0. The van der Waals surface area contributed by atoms with Gasteiger partial charge in [0, 0.05) is 12.4 Å². The van der Waals surface area contributed by atoms with E-state index >= 15 is 0 Å². The van der Waals surface area contributed by atoms with E-state index in [0.29, 0.717) is 5.56 Å². The number of aliphatic hydroxyl groups excluding tert-OH is 1. The van der Waals surface area contributed by atoms with Gasteiger partial charge in [0.1, 0.15) is 6.61 Å². The van der Waals surface area contributed by atoms with E-state index in [1.165, 1.54) is 29.7 Å². The molecule has 4 nitrogen and oxygen atoms in total. The fraction of sp³-hybridized carbons (Fsp3) is 0.238. The van der Waals surface area contributed by atoms with Crippen LogP contribution in [-0.4, -0.2) is 16.1 Å². The Labute approximate surface area is 169 Å². The Morgan fingerprint density at radius 3 is 2.66 bits per heavy atom. The highest BCUT2D eigenvalue weighted by Crippen LogP contribution is 2.30. The number of rotatable bonds is 7. The Hall–Kier alpha value is -2.71. The number of benzene rings is 1. The quantitative estimate of drug-likeness (QED) is 0.557. The lowest BCUT2D eigenvalue weighted by atomic mass is 9.91. The van der Waals surface area contributed by atoms with Crippen molar-refractivity contribution in [2.24, 2.45) is 5.92 Å². The molecule has 3 rings (SSSR count). The zero-order chi connectivity index (χ0) is 20.9. The molecule has 0 saturated heterocycles. The van der Waals surface area contributed by atoms with E-state index in [2.05, 4.69) is 4.98 Å². The Morgan fingerprint density at radius 2 is 2.00 bits per heavy atom. The summed E-state index contributed by atoms with van der Waals surface area (Å²) < 4.78 is 43.8. The maximum Gasteiger partial charge on any atom is 0.416 e. The van der Waals surface area contributed by atoms with Gasteiger partial charge in [-0.2, -0.15) is 24.5 Å². The van der Waals surface area contributed by atoms with Crippen LogP contribution in [0.15, 0.2) is 65.6 Å². The molecule has 0 radical (unpaired) electrons. The molecular formula is C21H18F3NO3S. The number of carbonyl (C=O) groups excluding carboxylic acids is 1. The van der Waals surface area contributed by atoms with Gasteiger partial charge in [-0.15, -0.1) is 0 Å². The van der Waals surface area contributed by atoms with Crippen LogP contribution in [0, 0.1) is 5.92 Å². The number of thiophene rings is 1. The van der Waals surface area contributed by atoms with Crippen molar-refractivity contribution in [1.82, 2.24) is 4.98 Å². The Morgan fingerprint density at radius 1 is 1.17 bits per heavy atom. The smallest absolute Gasteiger partial charge is 0.416 e. The van der Waals surface area contributed by atoms with E-state index in [0.717, 1.165) is 17.7 Å². The second-order valence-electron chi connectivity index (χ2n) is 6.48. The topological polar surface area (TPSA) is 59.4 Å². The van der Waals surface area contributed by atoms with Crippen molar-refractivity contribution in [2.75, 3.05) is 0 Å². The summed E-state index contributed by atoms with van der Waals surface area (Å²) >= 11 is 1.46. The molecule has 8 heteroatoms. The molecule has 2 atom stereocenters. The maximum atomic E-state index is 12.9. The van der Waals surface area contributed by atoms with Crippen LogP contribution < -0.4 is 0 Å². The molecule has 0 aliphatic rings. The summed E-state index contributed by atoms with van der Waals surface area (Å²) in [6.45, 7) is -0.317. The van der Waals surface area contributed by atoms with Gasteiger partial charge in [0.05, 0.1) is 17.6 Å². The first-order valence-electron chi connectivity index (χ1n) is 8.76. The average molecular weight is 421 g/mol. The number of halogens is 3. The lowest BCUT2D eigenvalue weighted by Gasteiger charge is -2.21. The summed E-state index contributed by atoms with van der Waals surface area (Å²) in [6, 6.07) is 9.75. The number of nitrogens with zero attached hydrogens (tertiary/aromatic N) is 1. The van der Waals surface area contributed by atoms with Gasteiger partial charge in [0.2, 0.25) is 0 Å². The molecule has 29 heavy (non-hydrogen) atoms. The van der Waals surface area contributed by atoms with Crippen LogP contribution in [0.3, 0.4) is 0 Å². The van der Waals surface area contributed by atoms with Crippen molar-refractivity contribution in [3.63, 3.8) is 0 Å². The average Bonchev–Trinajstić information content (AvgIpc) is 3.23. The molecular weight excluding hydrogens is 403 g/mol. The largest absolute Gasteiger partial charge is 0.461 e. The third-order valence-electron chi connectivity index (χ3n) is 4.38. The number of aliphatic hydroxyl groups is 1. The monoisotopic (exact) mass is 421 g/mol. The van der Waals surface area contributed by atoms with Crippen molar-refractivity contribution in [1.29, 1.82) is 0 Å². The first-order chi connectivity index (χ1) is 13.8. The van der Waals surface area contributed by atoms with Crippen LogP contribution in [0.4, 0.5) is 13.2 Å². The van der Waals surface area contributed by atoms with Crippen molar-refractivity contribution in [3.05, 3.63) is 87.9 Å². The van der Waals surface area contributed by atoms with Crippen LogP contribution in [0.1, 0.15) is 28.4 Å². The molecule has 0 spiro atoms. The SMILES string of the molecule is O=C(OCc1cccc(C(F)(F)F)c1)C(Cc1ccsc1)C(O)c1cccnc1. The number of hydrogen-bond acceptors (Lipinski definition) is 5. The fourth-order valence-electron chi connectivity index (χ4n) is 2.87. The Balaban J connectivity index is 1.74. The molecule has 0 aliphatic heterocycles. The number of carbonyl (C=O) groups is 1. The van der Waals surface area contributed by atoms with Crippen LogP contribution in [0.25, 0.3) is 0 Å². The number of hydrogen-bond donors (Lipinski definition) is 1. The van der Waals surface area contributed by atoms with Gasteiger partial charge in [0.15, 0.2) is 0 Å². The molecule has 2 aromatic heterocycles. The lowest BCUT2D eigenvalue weighted by molar-refractivity contribution is -0.154. The van der Waals surface area contributed by atoms with Crippen LogP contribution in [0.5, 0.6) is 0 Å². The fourth-order valence-corrected chi connectivity index (χ4v) is 3.55. The third kappa shape index (κ3) is 5.65. The highest BCUT2D eigenvalue weighted by molar-refractivity contribution is 7.07. The van der Waals surface area contributed by atoms with Gasteiger partial charge in [-0.25, -0.2) is 0 Å². The van der Waals surface area contributed by atoms with Gasteiger partial charge in [-0.05, 0) is 58.1 Å². The molecule has 1 N–H and O–H groups in total. The van der Waals surface area contributed by atoms with Crippen LogP contribution in [0.2, 0.25) is 0 Å². The molecule has 0 saturated carbocycles. The van der Waals surface area contributed by atoms with E-state index in [1.807, 2.05) is 16.8 Å². The molecule has 1 aromatic carbocycles. The van der Waals surface area contributed by atoms with Crippen molar-refractivity contribution in [3.8, 4) is 0 Å². The van der Waals surface area contributed by atoms with Crippen LogP contribution >= 0.6 is 11.3 Å². The summed E-state index contributed by atoms with van der Waals surface area (Å²) in [4.78, 5) is 16.7. The highest BCUT2D eigenvalue weighted by Gasteiger charge is 2.32. The van der Waals surface area contributed by atoms with Crippen LogP contribution in [-0.2, 0) is 28.7 Å². The number of alkyl halides is 3. The number of pyridine rings is 1. The predicted octanol–water partition coefficient (Wildman–Crippen LogP) is 4.80. The Bertz CT molecular complexity index is 930. The summed E-state index contributed by atoms with van der Waals surface area (Å²) in [7, 11) is 0. The minimum Gasteiger partial charge on any atom is -0.461 e. The highest BCUT2D eigenvalue weighted by atomic mass is 32.1. The van der Waals surface area contributed by atoms with Gasteiger partial charge >= 0.3 is 12.1 Å². The first-order valence-corrected chi connectivity index (χ1v) is 9.70. The third-order valence-corrected chi connectivity index (χ3v) is 5.11. The second kappa shape index (κ2) is 9.19. The second-order valence-corrected chi connectivity index (χ2v) is 7.26. The van der Waals surface area contributed by atoms with Gasteiger partial charge in [-0.1, -0.05) is 18.2 Å². The molecule has 0 fully saturated rings. The van der Waals surface area contributed by atoms with E-state index < -0.39 is 29.7 Å². The van der Waals surface area contributed by atoms with E-state index in [9.17, 15) is 23.1 Å². The summed E-state index contributed by atoms with van der Waals surface area (Å²) in [5.41, 5.74) is 0.734. The van der Waals surface area contributed by atoms with E-state index in [-0.39, 0.29) is 18.6 Å². The lowest BCUT2D eigenvalue weighted by Crippen LogP contribution is -2.26. The van der Waals surface area contributed by atoms with Gasteiger partial charge < -0.3 is 9.84 Å². The minimum absolute atomic E-state index is 0.221. The number of ether oxygens (including phenoxy) is 1. The van der Waals surface area contributed by atoms with Crippen molar-refractivity contribution in [2.45, 2.75) is 25.3 Å². The van der Waals surface area contributed by atoms with Crippen molar-refractivity contribution >= 4 is 17.3 Å². The summed E-state index contributed by atoms with van der Waals surface area (Å²) in [6.07, 6.45) is -2.38. The number of aromatic nitrogens is 1. The number of esters is 1. The van der Waals surface area contributed by atoms with Gasteiger partial charge in [0.25, 0.3) is 0 Å². The maximum absolute atomic E-state index is 12.9. The molecule has 0 amide bonds. The standard InChI is InChI=1S/C21H18F3NO3S/c22-21(23,24)17-5-1-3-14(9-17)12-28-20(27)18(10-15-6-8-29-13-15)19(26)16-4-2-7-25-11-16/h1-9,11,13,18-19,26H,10,12H2. The predicted molar refractivity (Wildman–Crippen MR) is 102 cm³/mol. The molecule has 152 valence electrons. The van der Waals surface area contributed by atoms with E-state index in [4.69, 9.17) is 4.74 Å². The zero-order valence-electron chi connectivity index (χ0n) is 15.2. The Kier molecular flexibility index (Phi) is 6.66. The molecule has 2 unspecified atom stereocenters. The molecule has 0 aliphatic carbocycles. The summed E-state index contributed by atoms with van der Waals surface area (Å²) in [5, 5.41) is 14.4.